The number of hydrogen-bond acceptors (Lipinski definition) is 2. The van der Waals surface area contributed by atoms with Crippen molar-refractivity contribution >= 4 is 24.6 Å². The molecule has 31 heavy (non-hydrogen) atoms. The molecule has 0 saturated heterocycles. The molecule has 0 bridgehead atoms. The van der Waals surface area contributed by atoms with E-state index >= 15 is 0 Å². The van der Waals surface area contributed by atoms with Crippen LogP contribution < -0.4 is 0 Å². The summed E-state index contributed by atoms with van der Waals surface area (Å²) in [6, 6.07) is 10.8. The van der Waals surface area contributed by atoms with Crippen molar-refractivity contribution in [3.05, 3.63) is 48.2 Å². The quantitative estimate of drug-likeness (QED) is 0.0750. The van der Waals surface area contributed by atoms with E-state index in [1.807, 2.05) is 6.26 Å². The van der Waals surface area contributed by atoms with E-state index in [1.165, 1.54) is 48.5 Å². The van der Waals surface area contributed by atoms with Crippen LogP contribution in [0.4, 0.5) is 0 Å². The molecule has 0 aliphatic heterocycles. The van der Waals surface area contributed by atoms with Gasteiger partial charge in [0.15, 0.2) is 0 Å². The molecule has 1 atom stereocenters. The fourth-order valence-corrected chi connectivity index (χ4v) is 19.3. The van der Waals surface area contributed by atoms with Crippen LogP contribution in [0, 0.1) is 0 Å². The standard InChI is InChI=1S/C16H22NO.3C4H9.Sn/c1-3-13-18-14-9-5-8-12-17-15(2)16-10-6-4-7-11-16;3*1-3-4-2;/h3-4,6-7,10-13,15H,1,5,8-9,14H2,2H3;3*1,3-4H2,2H3;/b13-3-,17-12?;;;;/t15-;;;;/m1..../s1. The van der Waals surface area contributed by atoms with Crippen molar-refractivity contribution in [2.24, 2.45) is 4.99 Å². The van der Waals surface area contributed by atoms with Crippen molar-refractivity contribution in [2.75, 3.05) is 6.61 Å². The summed E-state index contributed by atoms with van der Waals surface area (Å²) in [6.07, 6.45) is 18.2. The first-order valence-corrected chi connectivity index (χ1v) is 21.1. The summed E-state index contributed by atoms with van der Waals surface area (Å²) in [5, 5.41) is 0. The van der Waals surface area contributed by atoms with Gasteiger partial charge in [-0.25, -0.2) is 0 Å². The Balaban J connectivity index is 2.28. The molecule has 0 aromatic heterocycles. The van der Waals surface area contributed by atoms with Gasteiger partial charge in [-0.15, -0.1) is 0 Å². The Labute approximate surface area is 197 Å². The van der Waals surface area contributed by atoms with E-state index in [4.69, 9.17) is 4.74 Å². The Bertz CT molecular complexity index is 562. The first kappa shape index (κ1) is 28.3. The summed E-state index contributed by atoms with van der Waals surface area (Å²) in [6.45, 7) is 10.0. The van der Waals surface area contributed by atoms with Crippen molar-refractivity contribution in [3.8, 4) is 0 Å². The molecule has 0 radical (unpaired) electrons. The number of nitrogens with zero attached hydrogens (tertiary/aromatic N) is 1. The van der Waals surface area contributed by atoms with Gasteiger partial charge in [-0.2, -0.15) is 0 Å². The maximum atomic E-state index is 5.85. The van der Waals surface area contributed by atoms with E-state index in [1.54, 1.807) is 13.3 Å². The van der Waals surface area contributed by atoms with Crippen LogP contribution in [0.15, 0.2) is 47.7 Å². The van der Waals surface area contributed by atoms with E-state index in [-0.39, 0.29) is 6.04 Å². The SMILES string of the molecule is CCC[CH2][Sn]([CH2]/C=C\OCCCCC=N[C@H](C)c1ccccc1)([CH2]CCC)[CH2]CCC. The van der Waals surface area contributed by atoms with E-state index in [9.17, 15) is 0 Å². The van der Waals surface area contributed by atoms with Crippen LogP contribution in [0.5, 0.6) is 0 Å². The number of hydrogen-bond donors (Lipinski definition) is 0. The molecule has 1 rings (SSSR count). The minimum atomic E-state index is -2.02. The predicted octanol–water partition coefficient (Wildman–Crippen LogP) is 9.37. The maximum absolute atomic E-state index is 5.85. The second-order valence-electron chi connectivity index (χ2n) is 9.17. The first-order valence-electron chi connectivity index (χ1n) is 13.0. The van der Waals surface area contributed by atoms with E-state index in [0.717, 1.165) is 25.9 Å². The topological polar surface area (TPSA) is 21.6 Å². The molecule has 1 aromatic carbocycles. The number of ether oxygens (including phenoxy) is 1. The second-order valence-corrected chi connectivity index (χ2v) is 23.2. The molecule has 0 spiro atoms. The fourth-order valence-electron chi connectivity index (χ4n) is 4.24. The van der Waals surface area contributed by atoms with Crippen molar-refractivity contribution in [3.63, 3.8) is 0 Å². The van der Waals surface area contributed by atoms with E-state index in [2.05, 4.69) is 75.3 Å². The Morgan fingerprint density at radius 2 is 1.48 bits per heavy atom. The predicted molar refractivity (Wildman–Crippen MR) is 142 cm³/mol. The van der Waals surface area contributed by atoms with Gasteiger partial charge in [0.25, 0.3) is 0 Å². The number of benzene rings is 1. The van der Waals surface area contributed by atoms with Crippen LogP contribution in [0.25, 0.3) is 0 Å². The molecule has 0 aliphatic rings. The van der Waals surface area contributed by atoms with Gasteiger partial charge in [-0.05, 0) is 0 Å². The average molecular weight is 534 g/mol. The van der Waals surface area contributed by atoms with Gasteiger partial charge in [0.2, 0.25) is 0 Å². The van der Waals surface area contributed by atoms with Crippen molar-refractivity contribution in [1.29, 1.82) is 0 Å². The Morgan fingerprint density at radius 1 is 0.871 bits per heavy atom. The Hall–Kier alpha value is -0.771. The molecular formula is C28H49NOSn. The van der Waals surface area contributed by atoms with Crippen molar-refractivity contribution in [2.45, 2.75) is 109 Å². The summed E-state index contributed by atoms with van der Waals surface area (Å²) < 4.78 is 12.0. The van der Waals surface area contributed by atoms with Gasteiger partial charge in [-0.3, -0.25) is 0 Å². The third kappa shape index (κ3) is 13.4. The Kier molecular flexibility index (Phi) is 17.1. The third-order valence-electron chi connectivity index (χ3n) is 6.38. The average Bonchev–Trinajstić information content (AvgIpc) is 2.81. The normalized spacial score (nSPS) is 13.3. The zero-order chi connectivity index (χ0) is 22.6. The van der Waals surface area contributed by atoms with Crippen LogP contribution in [-0.2, 0) is 4.74 Å². The summed E-state index contributed by atoms with van der Waals surface area (Å²) in [5.41, 5.74) is 1.28. The molecule has 176 valence electrons. The van der Waals surface area contributed by atoms with Crippen LogP contribution in [-0.4, -0.2) is 31.2 Å². The second kappa shape index (κ2) is 18.8. The molecule has 0 heterocycles. The molecule has 2 nitrogen and oxygen atoms in total. The summed E-state index contributed by atoms with van der Waals surface area (Å²) in [4.78, 5) is 4.67. The minimum absolute atomic E-state index is 0.250. The van der Waals surface area contributed by atoms with Crippen LogP contribution in [0.2, 0.25) is 17.7 Å². The van der Waals surface area contributed by atoms with Gasteiger partial charge < -0.3 is 0 Å². The van der Waals surface area contributed by atoms with Gasteiger partial charge in [0.05, 0.1) is 0 Å². The molecule has 0 fully saturated rings. The van der Waals surface area contributed by atoms with Gasteiger partial charge in [0, 0.05) is 0 Å². The molecule has 1 aromatic rings. The van der Waals surface area contributed by atoms with Crippen LogP contribution >= 0.6 is 0 Å². The molecule has 0 aliphatic carbocycles. The molecule has 3 heteroatoms. The van der Waals surface area contributed by atoms with E-state index < -0.39 is 18.4 Å². The number of aliphatic imine (C=N–C) groups is 1. The van der Waals surface area contributed by atoms with Gasteiger partial charge >= 0.3 is 168 Å². The van der Waals surface area contributed by atoms with E-state index in [0.29, 0.717) is 0 Å². The van der Waals surface area contributed by atoms with Crippen LogP contribution in [0.1, 0.15) is 97.1 Å². The summed E-state index contributed by atoms with van der Waals surface area (Å²) in [7, 11) is 0. The molecule has 0 unspecified atom stereocenters. The first-order chi connectivity index (χ1) is 15.2. The molecule has 0 N–H and O–H groups in total. The number of unbranched alkanes of at least 4 members (excludes halogenated alkanes) is 5. The third-order valence-corrected chi connectivity index (χ3v) is 21.6. The van der Waals surface area contributed by atoms with Gasteiger partial charge in [0.1, 0.15) is 0 Å². The van der Waals surface area contributed by atoms with Crippen molar-refractivity contribution in [1.82, 2.24) is 0 Å². The summed E-state index contributed by atoms with van der Waals surface area (Å²) in [5.74, 6) is 0. The van der Waals surface area contributed by atoms with Crippen LogP contribution in [0.3, 0.4) is 0 Å². The zero-order valence-corrected chi connectivity index (χ0v) is 23.8. The number of rotatable bonds is 19. The molecule has 0 amide bonds. The molecular weight excluding hydrogens is 485 g/mol. The van der Waals surface area contributed by atoms with Gasteiger partial charge in [-0.1, -0.05) is 30.3 Å². The summed E-state index contributed by atoms with van der Waals surface area (Å²) >= 11 is -2.02. The number of allylic oxidation sites excluding steroid dienone is 1. The Morgan fingerprint density at radius 3 is 2.06 bits per heavy atom. The van der Waals surface area contributed by atoms with Crippen molar-refractivity contribution < 1.29 is 4.74 Å². The fraction of sp³-hybridized carbons (Fsp3) is 0.679. The zero-order valence-electron chi connectivity index (χ0n) is 21.0. The monoisotopic (exact) mass is 535 g/mol. The molecule has 0 saturated carbocycles.